The predicted octanol–water partition coefficient (Wildman–Crippen LogP) is 3.03. The highest BCUT2D eigenvalue weighted by molar-refractivity contribution is 9.10. The molecule has 0 atom stereocenters. The number of hydrogen-bond acceptors (Lipinski definition) is 4. The first kappa shape index (κ1) is 16.4. The average molecular weight is 331 g/mol. The summed E-state index contributed by atoms with van der Waals surface area (Å²) in [6.07, 6.45) is 1.84. The fourth-order valence-electron chi connectivity index (χ4n) is 1.71. The van der Waals surface area contributed by atoms with Crippen LogP contribution in [0.15, 0.2) is 16.7 Å². The molecule has 0 N–H and O–H groups in total. The number of aryl methyl sites for hydroxylation is 1. The van der Waals surface area contributed by atoms with Crippen molar-refractivity contribution < 1.29 is 9.47 Å². The van der Waals surface area contributed by atoms with Crippen LogP contribution in [0.4, 0.5) is 5.82 Å². The minimum absolute atomic E-state index is 0.699. The third kappa shape index (κ3) is 5.47. The SMILES string of the molecule is CCOCCN(CCOCC)c1nccc(C)c1Br. The lowest BCUT2D eigenvalue weighted by molar-refractivity contribution is 0.141. The van der Waals surface area contributed by atoms with Gasteiger partial charge in [0.2, 0.25) is 0 Å². The summed E-state index contributed by atoms with van der Waals surface area (Å²) in [5.41, 5.74) is 1.18. The molecule has 0 spiro atoms. The van der Waals surface area contributed by atoms with Crippen LogP contribution in [-0.2, 0) is 9.47 Å². The maximum Gasteiger partial charge on any atom is 0.143 e. The molecule has 0 aliphatic rings. The molecule has 0 bridgehead atoms. The summed E-state index contributed by atoms with van der Waals surface area (Å²) in [7, 11) is 0. The van der Waals surface area contributed by atoms with Crippen LogP contribution in [-0.4, -0.2) is 44.5 Å². The lowest BCUT2D eigenvalue weighted by Crippen LogP contribution is -2.32. The van der Waals surface area contributed by atoms with Gasteiger partial charge in [0, 0.05) is 32.5 Å². The van der Waals surface area contributed by atoms with Crippen LogP contribution in [0.2, 0.25) is 0 Å². The van der Waals surface area contributed by atoms with Gasteiger partial charge in [-0.05, 0) is 48.3 Å². The fraction of sp³-hybridized carbons (Fsp3) is 0.643. The Labute approximate surface area is 124 Å². The van der Waals surface area contributed by atoms with Gasteiger partial charge in [-0.15, -0.1) is 0 Å². The van der Waals surface area contributed by atoms with E-state index in [2.05, 4.69) is 32.7 Å². The van der Waals surface area contributed by atoms with E-state index >= 15 is 0 Å². The van der Waals surface area contributed by atoms with Gasteiger partial charge in [0.05, 0.1) is 17.7 Å². The average Bonchev–Trinajstić information content (AvgIpc) is 2.41. The number of aromatic nitrogens is 1. The molecule has 0 amide bonds. The number of ether oxygens (including phenoxy) is 2. The molecule has 1 aromatic rings. The molecular formula is C14H23BrN2O2. The molecule has 0 aliphatic carbocycles. The summed E-state index contributed by atoms with van der Waals surface area (Å²) in [4.78, 5) is 6.66. The number of nitrogens with zero attached hydrogens (tertiary/aromatic N) is 2. The van der Waals surface area contributed by atoms with Crippen molar-refractivity contribution in [3.05, 3.63) is 22.3 Å². The maximum absolute atomic E-state index is 5.44. The number of pyridine rings is 1. The van der Waals surface area contributed by atoms with E-state index in [0.717, 1.165) is 36.6 Å². The highest BCUT2D eigenvalue weighted by Crippen LogP contribution is 2.26. The van der Waals surface area contributed by atoms with Crippen LogP contribution >= 0.6 is 15.9 Å². The van der Waals surface area contributed by atoms with Crippen LogP contribution in [0.1, 0.15) is 19.4 Å². The summed E-state index contributed by atoms with van der Waals surface area (Å²) in [5.74, 6) is 0.958. The van der Waals surface area contributed by atoms with Crippen molar-refractivity contribution >= 4 is 21.7 Å². The summed E-state index contributed by atoms with van der Waals surface area (Å²) in [6.45, 7) is 10.6. The van der Waals surface area contributed by atoms with Crippen molar-refractivity contribution in [3.63, 3.8) is 0 Å². The van der Waals surface area contributed by atoms with Crippen molar-refractivity contribution in [1.82, 2.24) is 4.98 Å². The Kier molecular flexibility index (Phi) is 8.02. The van der Waals surface area contributed by atoms with Crippen LogP contribution < -0.4 is 4.90 Å². The zero-order chi connectivity index (χ0) is 14.1. The Bertz CT molecular complexity index is 364. The van der Waals surface area contributed by atoms with Crippen LogP contribution in [0.3, 0.4) is 0 Å². The zero-order valence-corrected chi connectivity index (χ0v) is 13.6. The van der Waals surface area contributed by atoms with Crippen molar-refractivity contribution in [3.8, 4) is 0 Å². The van der Waals surface area contributed by atoms with Gasteiger partial charge in [-0.2, -0.15) is 0 Å². The van der Waals surface area contributed by atoms with Gasteiger partial charge in [-0.25, -0.2) is 4.98 Å². The number of halogens is 1. The maximum atomic E-state index is 5.44. The van der Waals surface area contributed by atoms with Gasteiger partial charge in [0.15, 0.2) is 0 Å². The van der Waals surface area contributed by atoms with Gasteiger partial charge in [-0.1, -0.05) is 0 Å². The van der Waals surface area contributed by atoms with Gasteiger partial charge in [0.1, 0.15) is 5.82 Å². The van der Waals surface area contributed by atoms with Crippen LogP contribution in [0, 0.1) is 6.92 Å². The lowest BCUT2D eigenvalue weighted by Gasteiger charge is -2.25. The molecule has 0 aliphatic heterocycles. The van der Waals surface area contributed by atoms with Crippen LogP contribution in [0.25, 0.3) is 0 Å². The van der Waals surface area contributed by atoms with E-state index in [1.165, 1.54) is 5.56 Å². The Morgan fingerprint density at radius 3 is 2.26 bits per heavy atom. The molecule has 0 radical (unpaired) electrons. The van der Waals surface area contributed by atoms with Gasteiger partial charge < -0.3 is 14.4 Å². The predicted molar refractivity (Wildman–Crippen MR) is 81.9 cm³/mol. The third-order valence-corrected chi connectivity index (χ3v) is 3.76. The van der Waals surface area contributed by atoms with Crippen molar-refractivity contribution in [2.75, 3.05) is 44.4 Å². The molecule has 0 saturated heterocycles. The first-order chi connectivity index (χ1) is 9.20. The topological polar surface area (TPSA) is 34.6 Å². The van der Waals surface area contributed by atoms with E-state index in [9.17, 15) is 0 Å². The molecule has 0 saturated carbocycles. The number of hydrogen-bond donors (Lipinski definition) is 0. The first-order valence-corrected chi connectivity index (χ1v) is 7.51. The molecule has 1 aromatic heterocycles. The summed E-state index contributed by atoms with van der Waals surface area (Å²) >= 11 is 3.61. The standard InChI is InChI=1S/C14H23BrN2O2/c1-4-18-10-8-17(9-11-19-5-2)14-13(15)12(3)6-7-16-14/h6-7H,4-5,8-11H2,1-3H3. The minimum Gasteiger partial charge on any atom is -0.380 e. The van der Waals surface area contributed by atoms with Gasteiger partial charge >= 0.3 is 0 Å². The second-order valence-electron chi connectivity index (χ2n) is 4.15. The fourth-order valence-corrected chi connectivity index (χ4v) is 2.19. The summed E-state index contributed by atoms with van der Waals surface area (Å²) in [5, 5.41) is 0. The molecule has 0 aromatic carbocycles. The summed E-state index contributed by atoms with van der Waals surface area (Å²) in [6, 6.07) is 2.00. The first-order valence-electron chi connectivity index (χ1n) is 6.72. The van der Waals surface area contributed by atoms with E-state index in [-0.39, 0.29) is 0 Å². The van der Waals surface area contributed by atoms with Gasteiger partial charge in [0.25, 0.3) is 0 Å². The molecule has 0 fully saturated rings. The highest BCUT2D eigenvalue weighted by atomic mass is 79.9. The minimum atomic E-state index is 0.699. The van der Waals surface area contributed by atoms with Crippen LogP contribution in [0.5, 0.6) is 0 Å². The lowest BCUT2D eigenvalue weighted by atomic mass is 10.3. The third-order valence-electron chi connectivity index (χ3n) is 2.78. The Hall–Kier alpha value is -0.650. The van der Waals surface area contributed by atoms with Crippen molar-refractivity contribution in [1.29, 1.82) is 0 Å². The Balaban J connectivity index is 2.72. The van der Waals surface area contributed by atoms with Crippen molar-refractivity contribution in [2.24, 2.45) is 0 Å². The number of anilines is 1. The van der Waals surface area contributed by atoms with E-state index in [4.69, 9.17) is 9.47 Å². The Morgan fingerprint density at radius 1 is 1.16 bits per heavy atom. The van der Waals surface area contributed by atoms with Gasteiger partial charge in [-0.3, -0.25) is 0 Å². The smallest absolute Gasteiger partial charge is 0.143 e. The summed E-state index contributed by atoms with van der Waals surface area (Å²) < 4.78 is 11.9. The second kappa shape index (κ2) is 9.28. The molecule has 19 heavy (non-hydrogen) atoms. The molecule has 1 heterocycles. The molecule has 0 unspecified atom stereocenters. The normalized spacial score (nSPS) is 10.7. The highest BCUT2D eigenvalue weighted by Gasteiger charge is 2.12. The van der Waals surface area contributed by atoms with Crippen molar-refractivity contribution in [2.45, 2.75) is 20.8 Å². The molecule has 4 nitrogen and oxygen atoms in total. The largest absolute Gasteiger partial charge is 0.380 e. The quantitative estimate of drug-likeness (QED) is 0.652. The molecule has 1 rings (SSSR count). The van der Waals surface area contributed by atoms with E-state index in [0.29, 0.717) is 13.2 Å². The second-order valence-corrected chi connectivity index (χ2v) is 4.94. The number of rotatable bonds is 9. The molecular weight excluding hydrogens is 308 g/mol. The van der Waals surface area contributed by atoms with E-state index < -0.39 is 0 Å². The monoisotopic (exact) mass is 330 g/mol. The zero-order valence-electron chi connectivity index (χ0n) is 12.0. The Morgan fingerprint density at radius 2 is 1.74 bits per heavy atom. The molecule has 5 heteroatoms. The van der Waals surface area contributed by atoms with E-state index in [1.807, 2.05) is 26.1 Å². The molecule has 108 valence electrons. The van der Waals surface area contributed by atoms with E-state index in [1.54, 1.807) is 0 Å².